The maximum atomic E-state index is 11.3. The van der Waals surface area contributed by atoms with Crippen molar-refractivity contribution in [2.24, 2.45) is 5.92 Å². The van der Waals surface area contributed by atoms with Gasteiger partial charge in [0.25, 0.3) is 0 Å². The number of hydrogen-bond acceptors (Lipinski definition) is 3. The van der Waals surface area contributed by atoms with Gasteiger partial charge >= 0.3 is 5.97 Å². The van der Waals surface area contributed by atoms with E-state index in [-0.39, 0.29) is 0 Å². The fourth-order valence-electron chi connectivity index (χ4n) is 2.71. The van der Waals surface area contributed by atoms with E-state index in [0.717, 1.165) is 12.8 Å². The zero-order valence-electron chi connectivity index (χ0n) is 11.0. The molecule has 2 unspecified atom stereocenters. The second-order valence-corrected chi connectivity index (χ2v) is 5.67. The van der Waals surface area contributed by atoms with Gasteiger partial charge in [0.15, 0.2) is 0 Å². The van der Waals surface area contributed by atoms with Crippen LogP contribution in [0.15, 0.2) is 0 Å². The Hall–Kier alpha value is -0.610. The molecule has 1 saturated heterocycles. The molecule has 1 fully saturated rings. The van der Waals surface area contributed by atoms with Crippen molar-refractivity contribution in [1.82, 2.24) is 0 Å². The molecule has 1 aliphatic heterocycles. The van der Waals surface area contributed by atoms with Crippen LogP contribution in [-0.2, 0) is 9.53 Å². The Bertz CT molecular complexity index is 275. The third kappa shape index (κ3) is 3.68. The largest absolute Gasteiger partial charge is 0.481 e. The zero-order chi connectivity index (χ0) is 13.1. The van der Waals surface area contributed by atoms with Gasteiger partial charge in [-0.3, -0.25) is 4.79 Å². The standard InChI is InChI=1S/C13H24O4/c1-4-5-6-10(11(14)15)13(16)7-8-17-12(2,3)9-13/h10,16H,4-9H2,1-3H3,(H,14,15). The van der Waals surface area contributed by atoms with Crippen molar-refractivity contribution < 1.29 is 19.7 Å². The normalized spacial score (nSPS) is 29.9. The minimum atomic E-state index is -1.12. The molecule has 4 heteroatoms. The molecule has 0 aliphatic carbocycles. The van der Waals surface area contributed by atoms with Gasteiger partial charge in [0.1, 0.15) is 0 Å². The molecule has 0 saturated carbocycles. The van der Waals surface area contributed by atoms with E-state index in [1.54, 1.807) is 0 Å². The Labute approximate surface area is 103 Å². The highest BCUT2D eigenvalue weighted by Gasteiger charge is 2.47. The summed E-state index contributed by atoms with van der Waals surface area (Å²) >= 11 is 0. The van der Waals surface area contributed by atoms with Gasteiger partial charge in [0.2, 0.25) is 0 Å². The van der Waals surface area contributed by atoms with E-state index in [1.165, 1.54) is 0 Å². The molecule has 1 heterocycles. The molecule has 0 aromatic heterocycles. The van der Waals surface area contributed by atoms with E-state index in [0.29, 0.717) is 25.9 Å². The van der Waals surface area contributed by atoms with Crippen molar-refractivity contribution in [3.8, 4) is 0 Å². The number of rotatable bonds is 5. The zero-order valence-corrected chi connectivity index (χ0v) is 11.0. The highest BCUT2D eigenvalue weighted by atomic mass is 16.5. The lowest BCUT2D eigenvalue weighted by Crippen LogP contribution is -2.52. The third-order valence-corrected chi connectivity index (χ3v) is 3.55. The van der Waals surface area contributed by atoms with Gasteiger partial charge in [-0.05, 0) is 20.3 Å². The number of carboxylic acids is 1. The molecule has 0 bridgehead atoms. The average Bonchev–Trinajstić information content (AvgIpc) is 2.15. The van der Waals surface area contributed by atoms with E-state index >= 15 is 0 Å². The summed E-state index contributed by atoms with van der Waals surface area (Å²) in [5.41, 5.74) is -1.56. The number of unbranched alkanes of at least 4 members (excludes halogenated alkanes) is 1. The van der Waals surface area contributed by atoms with Crippen molar-refractivity contribution in [3.63, 3.8) is 0 Å². The van der Waals surface area contributed by atoms with Gasteiger partial charge < -0.3 is 14.9 Å². The lowest BCUT2D eigenvalue weighted by atomic mass is 9.73. The van der Waals surface area contributed by atoms with E-state index in [2.05, 4.69) is 0 Å². The van der Waals surface area contributed by atoms with Crippen LogP contribution in [0.5, 0.6) is 0 Å². The molecule has 0 amide bonds. The van der Waals surface area contributed by atoms with E-state index in [4.69, 9.17) is 4.74 Å². The highest BCUT2D eigenvalue weighted by molar-refractivity contribution is 5.71. The lowest BCUT2D eigenvalue weighted by Gasteiger charge is -2.44. The Morgan fingerprint density at radius 2 is 2.12 bits per heavy atom. The number of hydrogen-bond donors (Lipinski definition) is 2. The monoisotopic (exact) mass is 244 g/mol. The van der Waals surface area contributed by atoms with Crippen LogP contribution in [0, 0.1) is 5.92 Å². The van der Waals surface area contributed by atoms with Crippen LogP contribution in [0.2, 0.25) is 0 Å². The maximum Gasteiger partial charge on any atom is 0.309 e. The van der Waals surface area contributed by atoms with Crippen LogP contribution in [0.25, 0.3) is 0 Å². The molecular formula is C13H24O4. The molecular weight excluding hydrogens is 220 g/mol. The molecule has 1 rings (SSSR count). The number of carboxylic acid groups (broad SMARTS) is 1. The summed E-state index contributed by atoms with van der Waals surface area (Å²) in [6.45, 7) is 6.25. The Kier molecular flexibility index (Phi) is 4.55. The van der Waals surface area contributed by atoms with E-state index < -0.39 is 23.1 Å². The lowest BCUT2D eigenvalue weighted by molar-refractivity contribution is -0.182. The quantitative estimate of drug-likeness (QED) is 0.778. The molecule has 2 N–H and O–H groups in total. The summed E-state index contributed by atoms with van der Waals surface area (Å²) in [5.74, 6) is -1.57. The average molecular weight is 244 g/mol. The van der Waals surface area contributed by atoms with Crippen LogP contribution >= 0.6 is 0 Å². The van der Waals surface area contributed by atoms with Gasteiger partial charge in [0.05, 0.1) is 23.7 Å². The predicted molar refractivity (Wildman–Crippen MR) is 64.9 cm³/mol. The van der Waals surface area contributed by atoms with Crippen LogP contribution in [0.1, 0.15) is 52.9 Å². The first-order valence-electron chi connectivity index (χ1n) is 6.40. The molecule has 0 aromatic rings. The van der Waals surface area contributed by atoms with Gasteiger partial charge in [-0.1, -0.05) is 19.8 Å². The summed E-state index contributed by atoms with van der Waals surface area (Å²) in [6, 6.07) is 0. The molecule has 0 aromatic carbocycles. The molecule has 2 atom stereocenters. The first-order valence-corrected chi connectivity index (χ1v) is 6.40. The molecule has 1 aliphatic rings. The molecule has 0 radical (unpaired) electrons. The summed E-state index contributed by atoms with van der Waals surface area (Å²) in [5, 5.41) is 19.9. The molecule has 17 heavy (non-hydrogen) atoms. The van der Waals surface area contributed by atoms with Crippen LogP contribution in [-0.4, -0.2) is 34.0 Å². The Balaban J connectivity index is 2.80. The van der Waals surface area contributed by atoms with Crippen LogP contribution < -0.4 is 0 Å². The van der Waals surface area contributed by atoms with Crippen LogP contribution in [0.4, 0.5) is 0 Å². The van der Waals surface area contributed by atoms with Crippen molar-refractivity contribution in [2.45, 2.75) is 64.1 Å². The fraction of sp³-hybridized carbons (Fsp3) is 0.923. The van der Waals surface area contributed by atoms with E-state index in [9.17, 15) is 15.0 Å². The second-order valence-electron chi connectivity index (χ2n) is 5.67. The van der Waals surface area contributed by atoms with Gasteiger partial charge in [0, 0.05) is 12.8 Å². The number of aliphatic carboxylic acids is 1. The third-order valence-electron chi connectivity index (χ3n) is 3.55. The first-order chi connectivity index (χ1) is 7.81. The van der Waals surface area contributed by atoms with Crippen molar-refractivity contribution >= 4 is 5.97 Å². The summed E-state index contributed by atoms with van der Waals surface area (Å²) in [7, 11) is 0. The Morgan fingerprint density at radius 1 is 1.47 bits per heavy atom. The number of aliphatic hydroxyl groups is 1. The summed E-state index contributed by atoms with van der Waals surface area (Å²) in [4.78, 5) is 11.3. The first kappa shape index (κ1) is 14.5. The maximum absolute atomic E-state index is 11.3. The highest BCUT2D eigenvalue weighted by Crippen LogP contribution is 2.39. The molecule has 4 nitrogen and oxygen atoms in total. The second kappa shape index (κ2) is 5.36. The van der Waals surface area contributed by atoms with Crippen molar-refractivity contribution in [3.05, 3.63) is 0 Å². The van der Waals surface area contributed by atoms with Gasteiger partial charge in [-0.15, -0.1) is 0 Å². The number of ether oxygens (including phenoxy) is 1. The minimum Gasteiger partial charge on any atom is -0.481 e. The summed E-state index contributed by atoms with van der Waals surface area (Å²) in [6.07, 6.45) is 3.12. The predicted octanol–water partition coefficient (Wildman–Crippen LogP) is 2.20. The topological polar surface area (TPSA) is 66.8 Å². The van der Waals surface area contributed by atoms with Crippen molar-refractivity contribution in [1.29, 1.82) is 0 Å². The smallest absolute Gasteiger partial charge is 0.309 e. The van der Waals surface area contributed by atoms with Crippen molar-refractivity contribution in [2.75, 3.05) is 6.61 Å². The van der Waals surface area contributed by atoms with Crippen LogP contribution in [0.3, 0.4) is 0 Å². The Morgan fingerprint density at radius 3 is 2.59 bits per heavy atom. The van der Waals surface area contributed by atoms with Gasteiger partial charge in [-0.25, -0.2) is 0 Å². The fourth-order valence-corrected chi connectivity index (χ4v) is 2.71. The number of carbonyl (C=O) groups is 1. The molecule has 100 valence electrons. The molecule has 0 spiro atoms. The minimum absolute atomic E-state index is 0.390. The van der Waals surface area contributed by atoms with Gasteiger partial charge in [-0.2, -0.15) is 0 Å². The SMILES string of the molecule is CCCCC(C(=O)O)C1(O)CCOC(C)(C)C1. The van der Waals surface area contributed by atoms with E-state index in [1.807, 2.05) is 20.8 Å². The summed E-state index contributed by atoms with van der Waals surface area (Å²) < 4.78 is 5.54.